The molecule has 1 amide bonds. The number of aromatic hydroxyl groups is 1. The molecular weight excluding hydrogens is 288 g/mol. The number of anilines is 1. The molecule has 2 aliphatic rings. The van der Waals surface area contributed by atoms with E-state index in [9.17, 15) is 9.90 Å². The number of carbonyl (C=O) groups is 1. The van der Waals surface area contributed by atoms with Crippen LogP contribution in [0.25, 0.3) is 0 Å². The van der Waals surface area contributed by atoms with Crippen molar-refractivity contribution in [2.75, 3.05) is 5.32 Å². The van der Waals surface area contributed by atoms with Crippen LogP contribution < -0.4 is 11.1 Å². The van der Waals surface area contributed by atoms with Gasteiger partial charge in [-0.1, -0.05) is 18.0 Å². The number of halogens is 1. The van der Waals surface area contributed by atoms with Crippen LogP contribution >= 0.6 is 11.6 Å². The number of benzene rings is 1. The normalized spacial score (nSPS) is 31.7. The lowest BCUT2D eigenvalue weighted by atomic mass is 9.65. The van der Waals surface area contributed by atoms with Crippen LogP contribution in [0, 0.1) is 17.8 Å². The monoisotopic (exact) mass is 308 g/mol. The first-order chi connectivity index (χ1) is 10.0. The number of hydrogen-bond donors (Lipinski definition) is 3. The molecule has 2 unspecified atom stereocenters. The van der Waals surface area contributed by atoms with E-state index >= 15 is 0 Å². The second-order valence-corrected chi connectivity index (χ2v) is 6.78. The molecule has 4 nitrogen and oxygen atoms in total. The molecule has 2 bridgehead atoms. The van der Waals surface area contributed by atoms with E-state index in [-0.39, 0.29) is 23.6 Å². The lowest BCUT2D eigenvalue weighted by Gasteiger charge is -2.43. The number of hydrogen-bond acceptors (Lipinski definition) is 3. The molecule has 4 N–H and O–H groups in total. The Kier molecular flexibility index (Phi) is 4.09. The lowest BCUT2D eigenvalue weighted by molar-refractivity contribution is -0.122. The highest BCUT2D eigenvalue weighted by atomic mass is 35.5. The van der Waals surface area contributed by atoms with Crippen LogP contribution in [-0.4, -0.2) is 17.1 Å². The first-order valence-corrected chi connectivity index (χ1v) is 7.97. The Balaban J connectivity index is 1.68. The number of nitrogens with one attached hydrogen (secondary N) is 1. The molecule has 1 aromatic rings. The third-order valence-electron chi connectivity index (χ3n) is 5.00. The minimum absolute atomic E-state index is 0.00329. The van der Waals surface area contributed by atoms with Crippen molar-refractivity contribution in [1.29, 1.82) is 0 Å². The summed E-state index contributed by atoms with van der Waals surface area (Å²) in [5, 5.41) is 13.1. The van der Waals surface area contributed by atoms with Gasteiger partial charge in [-0.2, -0.15) is 0 Å². The van der Waals surface area contributed by atoms with Crippen molar-refractivity contribution in [3.05, 3.63) is 23.2 Å². The third-order valence-corrected chi connectivity index (χ3v) is 5.24. The molecule has 2 atom stereocenters. The molecule has 0 saturated heterocycles. The molecule has 1 aromatic carbocycles. The van der Waals surface area contributed by atoms with E-state index in [4.69, 9.17) is 17.3 Å². The molecule has 0 heterocycles. The second-order valence-electron chi connectivity index (χ2n) is 6.35. The molecular formula is C16H21ClN2O2. The van der Waals surface area contributed by atoms with Gasteiger partial charge < -0.3 is 16.2 Å². The number of phenols is 1. The summed E-state index contributed by atoms with van der Waals surface area (Å²) in [4.78, 5) is 12.4. The van der Waals surface area contributed by atoms with Gasteiger partial charge in [0.25, 0.3) is 0 Å². The fraction of sp³-hybridized carbons (Fsp3) is 0.562. The van der Waals surface area contributed by atoms with Crippen LogP contribution in [0.1, 0.15) is 32.1 Å². The number of amides is 1. The van der Waals surface area contributed by atoms with Crippen LogP contribution in [0.5, 0.6) is 5.75 Å². The van der Waals surface area contributed by atoms with E-state index in [0.29, 0.717) is 22.5 Å². The number of carbonyl (C=O) groups excluding carboxylic acids is 1. The Bertz CT molecular complexity index is 535. The first-order valence-electron chi connectivity index (χ1n) is 7.59. The summed E-state index contributed by atoms with van der Waals surface area (Å²) in [7, 11) is 0. The summed E-state index contributed by atoms with van der Waals surface area (Å²) < 4.78 is 0. The fourth-order valence-electron chi connectivity index (χ4n) is 3.85. The molecule has 5 heteroatoms. The van der Waals surface area contributed by atoms with Crippen molar-refractivity contribution >= 4 is 23.2 Å². The standard InChI is InChI=1S/C16H21ClN2O2/c17-12-4-5-13(14(20)8-12)19-16(21)11-6-9-2-1-3-10(7-11)15(9)18/h4-5,8-11,15,20H,1-3,6-7,18H2,(H,19,21). The molecule has 2 aliphatic carbocycles. The summed E-state index contributed by atoms with van der Waals surface area (Å²) in [5.74, 6) is 0.911. The molecule has 2 fully saturated rings. The van der Waals surface area contributed by atoms with Gasteiger partial charge in [-0.25, -0.2) is 0 Å². The number of rotatable bonds is 2. The van der Waals surface area contributed by atoms with Gasteiger partial charge >= 0.3 is 0 Å². The van der Waals surface area contributed by atoms with E-state index in [0.717, 1.165) is 25.7 Å². The van der Waals surface area contributed by atoms with Gasteiger partial charge in [0, 0.05) is 23.0 Å². The SMILES string of the molecule is NC1C2CCCC1CC(C(=O)Nc1ccc(Cl)cc1O)C2. The maximum atomic E-state index is 12.4. The zero-order valence-electron chi connectivity index (χ0n) is 11.9. The van der Waals surface area contributed by atoms with E-state index in [1.165, 1.54) is 12.5 Å². The van der Waals surface area contributed by atoms with E-state index < -0.39 is 0 Å². The molecule has 0 aromatic heterocycles. The number of phenolic OH excluding ortho intramolecular Hbond substituents is 1. The van der Waals surface area contributed by atoms with Crippen LogP contribution in [0.4, 0.5) is 5.69 Å². The molecule has 0 spiro atoms. The summed E-state index contributed by atoms with van der Waals surface area (Å²) in [6, 6.07) is 4.97. The number of fused-ring (bicyclic) bond motifs is 2. The van der Waals surface area contributed by atoms with E-state index in [1.54, 1.807) is 12.1 Å². The molecule has 0 aliphatic heterocycles. The van der Waals surface area contributed by atoms with Gasteiger partial charge in [-0.05, 0) is 49.7 Å². The van der Waals surface area contributed by atoms with Crippen molar-refractivity contribution in [3.8, 4) is 5.75 Å². The Morgan fingerprint density at radius 1 is 1.29 bits per heavy atom. The van der Waals surface area contributed by atoms with Crippen LogP contribution in [-0.2, 0) is 4.79 Å². The van der Waals surface area contributed by atoms with Crippen molar-refractivity contribution in [3.63, 3.8) is 0 Å². The lowest BCUT2D eigenvalue weighted by Crippen LogP contribution is -2.48. The van der Waals surface area contributed by atoms with Crippen LogP contribution in [0.15, 0.2) is 18.2 Å². The zero-order chi connectivity index (χ0) is 15.0. The second kappa shape index (κ2) is 5.85. The largest absolute Gasteiger partial charge is 0.506 e. The molecule has 114 valence electrons. The minimum Gasteiger partial charge on any atom is -0.506 e. The van der Waals surface area contributed by atoms with Gasteiger partial charge in [0.15, 0.2) is 0 Å². The average molecular weight is 309 g/mol. The quantitative estimate of drug-likeness (QED) is 0.735. The summed E-state index contributed by atoms with van der Waals surface area (Å²) in [6.07, 6.45) is 5.21. The van der Waals surface area contributed by atoms with Crippen molar-refractivity contribution in [2.24, 2.45) is 23.5 Å². The van der Waals surface area contributed by atoms with E-state index in [1.807, 2.05) is 0 Å². The first kappa shape index (κ1) is 14.7. The van der Waals surface area contributed by atoms with E-state index in [2.05, 4.69) is 5.32 Å². The average Bonchev–Trinajstić information content (AvgIpc) is 2.41. The maximum absolute atomic E-state index is 12.4. The van der Waals surface area contributed by atoms with Gasteiger partial charge in [-0.15, -0.1) is 0 Å². The highest BCUT2D eigenvalue weighted by Crippen LogP contribution is 2.42. The Hall–Kier alpha value is -1.26. The Morgan fingerprint density at radius 3 is 2.57 bits per heavy atom. The zero-order valence-corrected chi connectivity index (χ0v) is 12.6. The maximum Gasteiger partial charge on any atom is 0.227 e. The fourth-order valence-corrected chi connectivity index (χ4v) is 4.01. The van der Waals surface area contributed by atoms with Crippen molar-refractivity contribution < 1.29 is 9.90 Å². The predicted molar refractivity (Wildman–Crippen MR) is 83.3 cm³/mol. The molecule has 3 rings (SSSR count). The van der Waals surface area contributed by atoms with Gasteiger partial charge in [0.05, 0.1) is 5.69 Å². The summed E-state index contributed by atoms with van der Waals surface area (Å²) in [6.45, 7) is 0. The smallest absolute Gasteiger partial charge is 0.227 e. The van der Waals surface area contributed by atoms with Crippen molar-refractivity contribution in [2.45, 2.75) is 38.1 Å². The topological polar surface area (TPSA) is 75.4 Å². The van der Waals surface area contributed by atoms with Gasteiger partial charge in [-0.3, -0.25) is 4.79 Å². The summed E-state index contributed by atoms with van der Waals surface area (Å²) in [5.41, 5.74) is 6.67. The minimum atomic E-state index is -0.0172. The molecule has 21 heavy (non-hydrogen) atoms. The third kappa shape index (κ3) is 3.01. The van der Waals surface area contributed by atoms with Gasteiger partial charge in [0.1, 0.15) is 5.75 Å². The highest BCUT2D eigenvalue weighted by molar-refractivity contribution is 6.30. The number of nitrogens with two attached hydrogens (primary N) is 1. The van der Waals surface area contributed by atoms with Gasteiger partial charge in [0.2, 0.25) is 5.91 Å². The highest BCUT2D eigenvalue weighted by Gasteiger charge is 2.40. The van der Waals surface area contributed by atoms with Crippen molar-refractivity contribution in [1.82, 2.24) is 0 Å². The summed E-state index contributed by atoms with van der Waals surface area (Å²) >= 11 is 5.80. The van der Waals surface area contributed by atoms with Crippen LogP contribution in [0.3, 0.4) is 0 Å². The molecule has 2 saturated carbocycles. The molecule has 0 radical (unpaired) electrons. The Labute approximate surface area is 129 Å². The Morgan fingerprint density at radius 2 is 1.95 bits per heavy atom. The van der Waals surface area contributed by atoms with Crippen LogP contribution in [0.2, 0.25) is 5.02 Å². The predicted octanol–water partition coefficient (Wildman–Crippen LogP) is 3.14.